The van der Waals surface area contributed by atoms with Gasteiger partial charge in [0.2, 0.25) is 10.0 Å². The summed E-state index contributed by atoms with van der Waals surface area (Å²) in [6.45, 7) is 3.50. The Kier molecular flexibility index (Phi) is 3.79. The quantitative estimate of drug-likeness (QED) is 0.889. The third kappa shape index (κ3) is 3.02. The molecule has 2 fully saturated rings. The molecule has 0 spiro atoms. The summed E-state index contributed by atoms with van der Waals surface area (Å²) in [7, 11) is -3.16. The van der Waals surface area contributed by atoms with Gasteiger partial charge in [-0.05, 0) is 38.3 Å². The van der Waals surface area contributed by atoms with Crippen molar-refractivity contribution in [1.29, 1.82) is 0 Å². The monoisotopic (exact) mass is 295 g/mol. The van der Waals surface area contributed by atoms with Gasteiger partial charge in [-0.3, -0.25) is 9.88 Å². The van der Waals surface area contributed by atoms with Crippen LogP contribution in [0.15, 0.2) is 24.4 Å². The first-order chi connectivity index (χ1) is 9.56. The lowest BCUT2D eigenvalue weighted by molar-refractivity contribution is 0.258. The van der Waals surface area contributed by atoms with E-state index in [2.05, 4.69) is 21.5 Å². The van der Waals surface area contributed by atoms with Crippen LogP contribution in [0.2, 0.25) is 0 Å². The van der Waals surface area contributed by atoms with Crippen LogP contribution in [0.25, 0.3) is 0 Å². The summed E-state index contributed by atoms with van der Waals surface area (Å²) in [4.78, 5) is 6.57. The van der Waals surface area contributed by atoms with Crippen LogP contribution in [0.1, 0.15) is 37.9 Å². The van der Waals surface area contributed by atoms with E-state index in [1.165, 1.54) is 0 Å². The summed E-state index contributed by atoms with van der Waals surface area (Å²) in [5.74, 6) is 0. The van der Waals surface area contributed by atoms with Gasteiger partial charge in [0.25, 0.3) is 0 Å². The fourth-order valence-corrected chi connectivity index (χ4v) is 4.40. The standard InChI is InChI=1S/C14H21N3O2S/c1-11(14-4-2-3-8-15-14)17-9-7-13(10-17)20(18,19)16-12-5-6-12/h2-4,8,11-13,16H,5-7,9-10H2,1H3/t11-,13-/m0/s1. The third-order valence-corrected chi connectivity index (χ3v) is 6.11. The van der Waals surface area contributed by atoms with E-state index in [1.807, 2.05) is 18.2 Å². The van der Waals surface area contributed by atoms with E-state index in [9.17, 15) is 8.42 Å². The molecule has 110 valence electrons. The number of nitrogens with one attached hydrogen (secondary N) is 1. The zero-order valence-electron chi connectivity index (χ0n) is 11.7. The van der Waals surface area contributed by atoms with Crippen LogP contribution in [0.3, 0.4) is 0 Å². The molecule has 1 aliphatic carbocycles. The Morgan fingerprint density at radius 1 is 1.35 bits per heavy atom. The van der Waals surface area contributed by atoms with Crippen molar-refractivity contribution < 1.29 is 8.42 Å². The van der Waals surface area contributed by atoms with Crippen molar-refractivity contribution in [2.45, 2.75) is 43.5 Å². The normalized spacial score (nSPS) is 25.8. The maximum absolute atomic E-state index is 12.2. The second kappa shape index (κ2) is 5.42. The van der Waals surface area contributed by atoms with Gasteiger partial charge in [-0.1, -0.05) is 6.07 Å². The van der Waals surface area contributed by atoms with E-state index >= 15 is 0 Å². The molecule has 1 saturated heterocycles. The molecule has 1 N–H and O–H groups in total. The minimum Gasteiger partial charge on any atom is -0.294 e. The van der Waals surface area contributed by atoms with Gasteiger partial charge in [-0.25, -0.2) is 13.1 Å². The molecular weight excluding hydrogens is 274 g/mol. The molecule has 0 amide bonds. The summed E-state index contributed by atoms with van der Waals surface area (Å²) >= 11 is 0. The summed E-state index contributed by atoms with van der Waals surface area (Å²) in [5.41, 5.74) is 1.00. The number of hydrogen-bond donors (Lipinski definition) is 1. The Bertz CT molecular complexity index is 557. The van der Waals surface area contributed by atoms with Crippen LogP contribution in [0.5, 0.6) is 0 Å². The van der Waals surface area contributed by atoms with E-state index in [4.69, 9.17) is 0 Å². The molecule has 2 atom stereocenters. The SMILES string of the molecule is C[C@@H](c1ccccn1)N1CC[C@H](S(=O)(=O)NC2CC2)C1. The first-order valence-electron chi connectivity index (χ1n) is 7.22. The maximum Gasteiger partial charge on any atom is 0.216 e. The van der Waals surface area contributed by atoms with Gasteiger partial charge in [-0.15, -0.1) is 0 Å². The molecule has 1 aliphatic heterocycles. The highest BCUT2D eigenvalue weighted by Crippen LogP contribution is 2.27. The molecule has 0 radical (unpaired) electrons. The van der Waals surface area contributed by atoms with Crippen LogP contribution in [0, 0.1) is 0 Å². The number of sulfonamides is 1. The predicted molar refractivity (Wildman–Crippen MR) is 77.7 cm³/mol. The lowest BCUT2D eigenvalue weighted by Gasteiger charge is -2.23. The number of pyridine rings is 1. The smallest absolute Gasteiger partial charge is 0.216 e. The molecule has 20 heavy (non-hydrogen) atoms. The molecule has 0 bridgehead atoms. The lowest BCUT2D eigenvalue weighted by Crippen LogP contribution is -2.37. The second-order valence-electron chi connectivity index (χ2n) is 5.77. The maximum atomic E-state index is 12.2. The molecule has 3 rings (SSSR count). The van der Waals surface area contributed by atoms with Gasteiger partial charge >= 0.3 is 0 Å². The van der Waals surface area contributed by atoms with E-state index in [0.29, 0.717) is 13.0 Å². The van der Waals surface area contributed by atoms with Crippen LogP contribution in [-0.4, -0.2) is 42.7 Å². The Morgan fingerprint density at radius 3 is 2.80 bits per heavy atom. The molecule has 5 nitrogen and oxygen atoms in total. The van der Waals surface area contributed by atoms with Crippen LogP contribution in [-0.2, 0) is 10.0 Å². The van der Waals surface area contributed by atoms with E-state index in [0.717, 1.165) is 25.1 Å². The van der Waals surface area contributed by atoms with Gasteiger partial charge in [0.1, 0.15) is 0 Å². The fraction of sp³-hybridized carbons (Fsp3) is 0.643. The second-order valence-corrected chi connectivity index (χ2v) is 7.77. The average Bonchev–Trinajstić information content (AvgIpc) is 3.09. The minimum atomic E-state index is -3.16. The topological polar surface area (TPSA) is 62.3 Å². The molecule has 1 aromatic heterocycles. The first kappa shape index (κ1) is 14.0. The predicted octanol–water partition coefficient (Wildman–Crippen LogP) is 1.30. The van der Waals surface area contributed by atoms with E-state index < -0.39 is 10.0 Å². The van der Waals surface area contributed by atoms with Gasteiger partial charge in [0, 0.05) is 31.4 Å². The van der Waals surface area contributed by atoms with E-state index in [1.54, 1.807) is 6.20 Å². The number of aromatic nitrogens is 1. The molecule has 0 unspecified atom stereocenters. The summed E-state index contributed by atoms with van der Waals surface area (Å²) in [6.07, 6.45) is 4.46. The van der Waals surface area contributed by atoms with Crippen molar-refractivity contribution >= 4 is 10.0 Å². The molecule has 2 heterocycles. The summed E-state index contributed by atoms with van der Waals surface area (Å²) < 4.78 is 27.3. The van der Waals surface area contributed by atoms with Gasteiger partial charge in [0.15, 0.2) is 0 Å². The summed E-state index contributed by atoms with van der Waals surface area (Å²) in [6, 6.07) is 6.22. The van der Waals surface area contributed by atoms with Gasteiger partial charge in [0.05, 0.1) is 10.9 Å². The Balaban J connectivity index is 1.64. The Morgan fingerprint density at radius 2 is 2.15 bits per heavy atom. The number of likely N-dealkylation sites (tertiary alicyclic amines) is 1. The largest absolute Gasteiger partial charge is 0.294 e. The molecule has 2 aliphatic rings. The van der Waals surface area contributed by atoms with E-state index in [-0.39, 0.29) is 17.3 Å². The number of hydrogen-bond acceptors (Lipinski definition) is 4. The van der Waals surface area contributed by atoms with Crippen LogP contribution < -0.4 is 4.72 Å². The van der Waals surface area contributed by atoms with Crippen molar-refractivity contribution in [2.75, 3.05) is 13.1 Å². The average molecular weight is 295 g/mol. The van der Waals surface area contributed by atoms with Gasteiger partial charge in [-0.2, -0.15) is 0 Å². The zero-order valence-corrected chi connectivity index (χ0v) is 12.5. The highest BCUT2D eigenvalue weighted by atomic mass is 32.2. The number of rotatable bonds is 5. The molecule has 6 heteroatoms. The van der Waals surface area contributed by atoms with Crippen molar-refractivity contribution in [3.05, 3.63) is 30.1 Å². The highest BCUT2D eigenvalue weighted by Gasteiger charge is 2.38. The lowest BCUT2D eigenvalue weighted by atomic mass is 10.2. The zero-order chi connectivity index (χ0) is 14.2. The van der Waals surface area contributed by atoms with Crippen LogP contribution >= 0.6 is 0 Å². The van der Waals surface area contributed by atoms with Crippen molar-refractivity contribution in [2.24, 2.45) is 0 Å². The third-order valence-electron chi connectivity index (χ3n) is 4.19. The minimum absolute atomic E-state index is 0.164. The first-order valence-corrected chi connectivity index (χ1v) is 8.77. The van der Waals surface area contributed by atoms with Crippen molar-refractivity contribution in [3.63, 3.8) is 0 Å². The summed E-state index contributed by atoms with van der Waals surface area (Å²) in [5, 5.41) is -0.283. The Hall–Kier alpha value is -0.980. The highest BCUT2D eigenvalue weighted by molar-refractivity contribution is 7.90. The van der Waals surface area contributed by atoms with Crippen molar-refractivity contribution in [3.8, 4) is 0 Å². The van der Waals surface area contributed by atoms with Gasteiger partial charge < -0.3 is 0 Å². The fourth-order valence-electron chi connectivity index (χ4n) is 2.70. The molecule has 1 aromatic rings. The molecule has 0 aromatic carbocycles. The molecule has 1 saturated carbocycles. The van der Waals surface area contributed by atoms with Crippen molar-refractivity contribution in [1.82, 2.24) is 14.6 Å². The van der Waals surface area contributed by atoms with Crippen LogP contribution in [0.4, 0.5) is 0 Å². The molecular formula is C14H21N3O2S. The number of nitrogens with zero attached hydrogens (tertiary/aromatic N) is 2. The Labute approximate surface area is 120 Å².